The molecule has 1 aliphatic carbocycles. The van der Waals surface area contributed by atoms with Crippen LogP contribution in [0.4, 0.5) is 0 Å². The largest absolute Gasteiger partial charge is 0.481 e. The van der Waals surface area contributed by atoms with E-state index in [1.165, 1.54) is 0 Å². The first kappa shape index (κ1) is 13.1. The van der Waals surface area contributed by atoms with E-state index < -0.39 is 11.4 Å². The summed E-state index contributed by atoms with van der Waals surface area (Å²) in [6.07, 6.45) is 0.767. The minimum Gasteiger partial charge on any atom is -0.481 e. The molecule has 1 aromatic carbocycles. The molecule has 18 heavy (non-hydrogen) atoms. The fourth-order valence-corrected chi connectivity index (χ4v) is 2.82. The highest BCUT2D eigenvalue weighted by Gasteiger charge is 2.61. The van der Waals surface area contributed by atoms with Crippen LogP contribution in [0.1, 0.15) is 25.8 Å². The summed E-state index contributed by atoms with van der Waals surface area (Å²) in [7, 11) is 0. The lowest BCUT2D eigenvalue weighted by Crippen LogP contribution is -2.30. The van der Waals surface area contributed by atoms with Crippen LogP contribution >= 0.6 is 0 Å². The Bertz CT molecular complexity index is 414. The summed E-state index contributed by atoms with van der Waals surface area (Å²) in [6.45, 7) is 7.09. The van der Waals surface area contributed by atoms with Crippen molar-refractivity contribution in [2.45, 2.75) is 25.7 Å². The minimum atomic E-state index is -0.675. The van der Waals surface area contributed by atoms with Gasteiger partial charge in [0.15, 0.2) is 0 Å². The second-order valence-electron chi connectivity index (χ2n) is 5.03. The van der Waals surface area contributed by atoms with Crippen LogP contribution in [-0.4, -0.2) is 35.6 Å². The molecule has 0 amide bonds. The van der Waals surface area contributed by atoms with Crippen molar-refractivity contribution in [3.05, 3.63) is 35.9 Å². The molecular weight excluding hydrogens is 226 g/mol. The van der Waals surface area contributed by atoms with Crippen molar-refractivity contribution in [3.63, 3.8) is 0 Å². The van der Waals surface area contributed by atoms with Crippen molar-refractivity contribution in [2.24, 2.45) is 5.92 Å². The second-order valence-corrected chi connectivity index (χ2v) is 5.03. The molecule has 2 rings (SSSR count). The molecule has 98 valence electrons. The highest BCUT2D eigenvalue weighted by molar-refractivity contribution is 5.85. The van der Waals surface area contributed by atoms with Gasteiger partial charge < -0.3 is 10.0 Å². The number of aliphatic carboxylic acids is 1. The number of benzene rings is 1. The predicted octanol–water partition coefficient (Wildman–Crippen LogP) is 2.37. The molecule has 3 nitrogen and oxygen atoms in total. The molecule has 2 atom stereocenters. The van der Waals surface area contributed by atoms with Crippen LogP contribution in [0.2, 0.25) is 0 Å². The van der Waals surface area contributed by atoms with Crippen molar-refractivity contribution in [1.82, 2.24) is 4.90 Å². The number of carboxylic acid groups (broad SMARTS) is 1. The normalized spacial score (nSPS) is 26.3. The Morgan fingerprint density at radius 2 is 1.94 bits per heavy atom. The van der Waals surface area contributed by atoms with Gasteiger partial charge in [0, 0.05) is 6.54 Å². The lowest BCUT2D eigenvalue weighted by Gasteiger charge is -2.20. The van der Waals surface area contributed by atoms with Gasteiger partial charge in [-0.2, -0.15) is 0 Å². The molecule has 3 heteroatoms. The van der Waals surface area contributed by atoms with E-state index in [1.807, 2.05) is 30.3 Å². The maximum Gasteiger partial charge on any atom is 0.314 e. The first-order valence-corrected chi connectivity index (χ1v) is 6.66. The molecule has 0 spiro atoms. The highest BCUT2D eigenvalue weighted by Crippen LogP contribution is 2.54. The van der Waals surface area contributed by atoms with E-state index in [4.69, 9.17) is 0 Å². The third kappa shape index (κ3) is 2.15. The summed E-state index contributed by atoms with van der Waals surface area (Å²) >= 11 is 0. The van der Waals surface area contributed by atoms with Gasteiger partial charge in [-0.3, -0.25) is 4.79 Å². The van der Waals surface area contributed by atoms with E-state index in [9.17, 15) is 9.90 Å². The Hall–Kier alpha value is -1.35. The van der Waals surface area contributed by atoms with Gasteiger partial charge in [-0.1, -0.05) is 44.2 Å². The van der Waals surface area contributed by atoms with Crippen LogP contribution in [0.5, 0.6) is 0 Å². The monoisotopic (exact) mass is 247 g/mol. The van der Waals surface area contributed by atoms with Crippen LogP contribution < -0.4 is 0 Å². The summed E-state index contributed by atoms with van der Waals surface area (Å²) < 4.78 is 0. The van der Waals surface area contributed by atoms with E-state index >= 15 is 0 Å². The van der Waals surface area contributed by atoms with Crippen molar-refractivity contribution in [2.75, 3.05) is 19.6 Å². The lowest BCUT2D eigenvalue weighted by molar-refractivity contribution is -0.140. The summed E-state index contributed by atoms with van der Waals surface area (Å²) in [6, 6.07) is 9.66. The fraction of sp³-hybridized carbons (Fsp3) is 0.533. The number of carbonyl (C=O) groups is 1. The number of hydrogen-bond donors (Lipinski definition) is 1. The molecule has 1 fully saturated rings. The summed E-state index contributed by atoms with van der Waals surface area (Å²) in [5, 5.41) is 9.57. The Morgan fingerprint density at radius 1 is 1.33 bits per heavy atom. The Labute approximate surface area is 108 Å². The minimum absolute atomic E-state index is 0.247. The van der Waals surface area contributed by atoms with Gasteiger partial charge in [0.25, 0.3) is 0 Å². The third-order valence-corrected chi connectivity index (χ3v) is 4.15. The SMILES string of the molecule is CCN(CC)C[C@H]1C[C@]1(C(=O)O)c1ccccc1. The molecule has 0 unspecified atom stereocenters. The van der Waals surface area contributed by atoms with E-state index in [1.54, 1.807) is 0 Å². The van der Waals surface area contributed by atoms with Gasteiger partial charge in [0.05, 0.1) is 5.41 Å². The van der Waals surface area contributed by atoms with E-state index in [0.29, 0.717) is 0 Å². The van der Waals surface area contributed by atoms with E-state index in [2.05, 4.69) is 18.7 Å². The van der Waals surface area contributed by atoms with Crippen molar-refractivity contribution in [3.8, 4) is 0 Å². The molecule has 1 N–H and O–H groups in total. The maximum atomic E-state index is 11.6. The molecule has 0 saturated heterocycles. The number of carboxylic acids is 1. The van der Waals surface area contributed by atoms with Crippen LogP contribution in [0.3, 0.4) is 0 Å². The van der Waals surface area contributed by atoms with Crippen molar-refractivity contribution >= 4 is 5.97 Å². The zero-order valence-corrected chi connectivity index (χ0v) is 11.1. The molecular formula is C15H21NO2. The van der Waals surface area contributed by atoms with Gasteiger partial charge in [-0.05, 0) is 31.0 Å². The maximum absolute atomic E-state index is 11.6. The quantitative estimate of drug-likeness (QED) is 0.839. The number of rotatable bonds is 6. The average molecular weight is 247 g/mol. The van der Waals surface area contributed by atoms with Gasteiger partial charge in [0.2, 0.25) is 0 Å². The average Bonchev–Trinajstić information content (AvgIpc) is 3.12. The Morgan fingerprint density at radius 3 is 2.44 bits per heavy atom. The summed E-state index contributed by atoms with van der Waals surface area (Å²) in [5.74, 6) is -0.428. The lowest BCUT2D eigenvalue weighted by atomic mass is 9.93. The topological polar surface area (TPSA) is 40.5 Å². The Kier molecular flexibility index (Phi) is 3.71. The van der Waals surface area contributed by atoms with Crippen molar-refractivity contribution in [1.29, 1.82) is 0 Å². The summed E-state index contributed by atoms with van der Waals surface area (Å²) in [5.41, 5.74) is 0.318. The zero-order chi connectivity index (χ0) is 13.2. The van der Waals surface area contributed by atoms with Gasteiger partial charge >= 0.3 is 5.97 Å². The third-order valence-electron chi connectivity index (χ3n) is 4.15. The number of hydrogen-bond acceptors (Lipinski definition) is 2. The van der Waals surface area contributed by atoms with Crippen LogP contribution in [0.15, 0.2) is 30.3 Å². The van der Waals surface area contributed by atoms with Gasteiger partial charge in [-0.15, -0.1) is 0 Å². The van der Waals surface area contributed by atoms with Crippen LogP contribution in [-0.2, 0) is 10.2 Å². The molecule has 1 aromatic rings. The first-order valence-electron chi connectivity index (χ1n) is 6.66. The molecule has 1 aliphatic rings. The highest BCUT2D eigenvalue weighted by atomic mass is 16.4. The standard InChI is InChI=1S/C15H21NO2/c1-3-16(4-2)11-13-10-15(13,14(17)18)12-8-6-5-7-9-12/h5-9,13H,3-4,10-11H2,1-2H3,(H,17,18)/t13-,15+/m1/s1. The second kappa shape index (κ2) is 5.11. The number of nitrogens with zero attached hydrogens (tertiary/aromatic N) is 1. The Balaban J connectivity index is 2.16. The molecule has 1 saturated carbocycles. The first-order chi connectivity index (χ1) is 8.65. The smallest absolute Gasteiger partial charge is 0.314 e. The van der Waals surface area contributed by atoms with Crippen LogP contribution in [0, 0.1) is 5.92 Å². The molecule has 0 bridgehead atoms. The fourth-order valence-electron chi connectivity index (χ4n) is 2.82. The van der Waals surface area contributed by atoms with E-state index in [0.717, 1.165) is 31.6 Å². The molecule has 0 heterocycles. The summed E-state index contributed by atoms with van der Waals surface area (Å²) in [4.78, 5) is 13.9. The zero-order valence-electron chi connectivity index (χ0n) is 11.1. The van der Waals surface area contributed by atoms with Gasteiger partial charge in [-0.25, -0.2) is 0 Å². The van der Waals surface area contributed by atoms with Crippen molar-refractivity contribution < 1.29 is 9.90 Å². The van der Waals surface area contributed by atoms with E-state index in [-0.39, 0.29) is 5.92 Å². The molecule has 0 aromatic heterocycles. The molecule has 0 radical (unpaired) electrons. The molecule has 0 aliphatic heterocycles. The predicted molar refractivity (Wildman–Crippen MR) is 71.7 cm³/mol. The van der Waals surface area contributed by atoms with Gasteiger partial charge in [0.1, 0.15) is 0 Å². The van der Waals surface area contributed by atoms with Crippen LogP contribution in [0.25, 0.3) is 0 Å².